The molecule has 1 heterocycles. The zero-order chi connectivity index (χ0) is 17.9. The smallest absolute Gasteiger partial charge is 0.264 e. The number of aryl methyl sites for hydroxylation is 1. The second-order valence-electron chi connectivity index (χ2n) is 4.91. The van der Waals surface area contributed by atoms with Crippen LogP contribution in [-0.4, -0.2) is 31.2 Å². The lowest BCUT2D eigenvalue weighted by molar-refractivity contribution is 0.326. The molecule has 0 unspecified atom stereocenters. The van der Waals surface area contributed by atoms with Crippen molar-refractivity contribution < 1.29 is 12.6 Å². The van der Waals surface area contributed by atoms with E-state index in [1.165, 1.54) is 0 Å². The highest BCUT2D eigenvalue weighted by molar-refractivity contribution is 7.85. The maximum absolute atomic E-state index is 11.1. The monoisotopic (exact) mass is 409 g/mol. The van der Waals surface area contributed by atoms with E-state index in [2.05, 4.69) is 15.3 Å². The standard InChI is InChI=1S/C14H14Cl3N3O3S/c1-8-18-13(17)10(5-6-23-24(2,21)22)14(19-8)20-12-4-3-9(15)7-11(12)16/h3-4,7H,5-6H2,1-2H3,(H,18,19,20). The summed E-state index contributed by atoms with van der Waals surface area (Å²) in [5.41, 5.74) is 1.11. The molecule has 0 amide bonds. The fraction of sp³-hybridized carbons (Fsp3) is 0.286. The minimum atomic E-state index is -3.54. The quantitative estimate of drug-likeness (QED) is 0.572. The molecule has 130 valence electrons. The molecule has 1 N–H and O–H groups in total. The molecular formula is C14H14Cl3N3O3S. The third kappa shape index (κ3) is 5.46. The van der Waals surface area contributed by atoms with Crippen LogP contribution in [0.15, 0.2) is 18.2 Å². The van der Waals surface area contributed by atoms with E-state index >= 15 is 0 Å². The van der Waals surface area contributed by atoms with Crippen molar-refractivity contribution >= 4 is 56.4 Å². The van der Waals surface area contributed by atoms with Crippen LogP contribution < -0.4 is 5.32 Å². The van der Waals surface area contributed by atoms with Crippen molar-refractivity contribution in [2.45, 2.75) is 13.3 Å². The van der Waals surface area contributed by atoms with Crippen molar-refractivity contribution in [3.63, 3.8) is 0 Å². The SMILES string of the molecule is Cc1nc(Cl)c(CCOS(C)(=O)=O)c(Nc2ccc(Cl)cc2Cl)n1. The van der Waals surface area contributed by atoms with Gasteiger partial charge in [-0.3, -0.25) is 4.18 Å². The number of hydrogen-bond acceptors (Lipinski definition) is 6. The lowest BCUT2D eigenvalue weighted by Crippen LogP contribution is -2.10. The van der Waals surface area contributed by atoms with Crippen molar-refractivity contribution in [2.75, 3.05) is 18.2 Å². The summed E-state index contributed by atoms with van der Waals surface area (Å²) in [5.74, 6) is 0.884. The predicted molar refractivity (Wildman–Crippen MR) is 96.0 cm³/mol. The van der Waals surface area contributed by atoms with E-state index in [0.717, 1.165) is 6.26 Å². The van der Waals surface area contributed by atoms with Crippen LogP contribution in [-0.2, 0) is 20.7 Å². The van der Waals surface area contributed by atoms with Gasteiger partial charge in [-0.1, -0.05) is 34.8 Å². The normalized spacial score (nSPS) is 11.5. The molecule has 24 heavy (non-hydrogen) atoms. The van der Waals surface area contributed by atoms with E-state index in [9.17, 15) is 8.42 Å². The molecule has 1 aromatic carbocycles. The topological polar surface area (TPSA) is 81.2 Å². The van der Waals surface area contributed by atoms with Gasteiger partial charge < -0.3 is 5.32 Å². The van der Waals surface area contributed by atoms with Gasteiger partial charge in [0.1, 0.15) is 16.8 Å². The molecule has 0 aliphatic heterocycles. The number of aromatic nitrogens is 2. The summed E-state index contributed by atoms with van der Waals surface area (Å²) in [6.45, 7) is 1.62. The average Bonchev–Trinajstić information content (AvgIpc) is 2.43. The predicted octanol–water partition coefficient (Wildman–Crippen LogP) is 4.01. The van der Waals surface area contributed by atoms with Gasteiger partial charge in [-0.15, -0.1) is 0 Å². The zero-order valence-electron chi connectivity index (χ0n) is 12.8. The third-order valence-corrected chi connectivity index (χ3v) is 4.36. The summed E-state index contributed by atoms with van der Waals surface area (Å²) < 4.78 is 26.9. The second kappa shape index (κ2) is 7.84. The van der Waals surface area contributed by atoms with Gasteiger partial charge in [-0.2, -0.15) is 8.42 Å². The first kappa shape index (κ1) is 19.2. The number of anilines is 2. The molecule has 0 saturated carbocycles. The van der Waals surface area contributed by atoms with Crippen molar-refractivity contribution in [1.82, 2.24) is 9.97 Å². The van der Waals surface area contributed by atoms with Crippen LogP contribution in [0.25, 0.3) is 0 Å². The highest BCUT2D eigenvalue weighted by atomic mass is 35.5. The molecule has 0 spiro atoms. The number of rotatable bonds is 6. The molecule has 10 heteroatoms. The van der Waals surface area contributed by atoms with E-state index in [0.29, 0.717) is 32.9 Å². The van der Waals surface area contributed by atoms with Crippen molar-refractivity contribution in [1.29, 1.82) is 0 Å². The molecule has 0 bridgehead atoms. The number of nitrogens with zero attached hydrogens (tertiary/aromatic N) is 2. The van der Waals surface area contributed by atoms with Gasteiger partial charge >= 0.3 is 0 Å². The molecule has 0 saturated heterocycles. The molecule has 2 rings (SSSR count). The fourth-order valence-electron chi connectivity index (χ4n) is 1.90. The van der Waals surface area contributed by atoms with Crippen LogP contribution in [0.3, 0.4) is 0 Å². The van der Waals surface area contributed by atoms with Crippen LogP contribution in [0.4, 0.5) is 11.5 Å². The summed E-state index contributed by atoms with van der Waals surface area (Å²) in [5, 5.41) is 4.20. The van der Waals surface area contributed by atoms with Crippen LogP contribution in [0.2, 0.25) is 15.2 Å². The van der Waals surface area contributed by atoms with Crippen molar-refractivity contribution in [3.8, 4) is 0 Å². The van der Waals surface area contributed by atoms with Crippen molar-refractivity contribution in [3.05, 3.63) is 44.8 Å². The Bertz CT molecular complexity index is 860. The molecule has 2 aromatic rings. The Morgan fingerprint density at radius 2 is 1.92 bits per heavy atom. The Morgan fingerprint density at radius 3 is 2.54 bits per heavy atom. The summed E-state index contributed by atoms with van der Waals surface area (Å²) >= 11 is 18.2. The van der Waals surface area contributed by atoms with E-state index in [1.807, 2.05) is 0 Å². The van der Waals surface area contributed by atoms with Gasteiger partial charge in [-0.05, 0) is 25.1 Å². The Morgan fingerprint density at radius 1 is 1.21 bits per heavy atom. The number of halogens is 3. The first-order valence-corrected chi connectivity index (χ1v) is 9.70. The van der Waals surface area contributed by atoms with Crippen LogP contribution in [0, 0.1) is 6.92 Å². The number of benzene rings is 1. The van der Waals surface area contributed by atoms with Gasteiger partial charge in [0.25, 0.3) is 10.1 Å². The van der Waals surface area contributed by atoms with Crippen LogP contribution in [0.1, 0.15) is 11.4 Å². The minimum absolute atomic E-state index is 0.0754. The molecule has 0 aliphatic carbocycles. The zero-order valence-corrected chi connectivity index (χ0v) is 15.9. The van der Waals surface area contributed by atoms with Crippen LogP contribution in [0.5, 0.6) is 0 Å². The Kier molecular flexibility index (Phi) is 6.28. The molecule has 0 radical (unpaired) electrons. The fourth-order valence-corrected chi connectivity index (χ4v) is 3.05. The maximum atomic E-state index is 11.1. The number of hydrogen-bond donors (Lipinski definition) is 1. The first-order valence-electron chi connectivity index (χ1n) is 6.75. The third-order valence-electron chi connectivity index (χ3n) is 2.90. The Hall–Kier alpha value is -1.12. The van der Waals surface area contributed by atoms with E-state index in [-0.39, 0.29) is 18.2 Å². The van der Waals surface area contributed by atoms with E-state index in [1.54, 1.807) is 25.1 Å². The lowest BCUT2D eigenvalue weighted by atomic mass is 10.2. The van der Waals surface area contributed by atoms with Crippen molar-refractivity contribution in [2.24, 2.45) is 0 Å². The van der Waals surface area contributed by atoms with E-state index < -0.39 is 10.1 Å². The van der Waals surface area contributed by atoms with Gasteiger partial charge in [-0.25, -0.2) is 9.97 Å². The van der Waals surface area contributed by atoms with Gasteiger partial charge in [0.15, 0.2) is 0 Å². The second-order valence-corrected chi connectivity index (χ2v) is 7.76. The highest BCUT2D eigenvalue weighted by Crippen LogP contribution is 2.30. The molecule has 0 aliphatic rings. The first-order chi connectivity index (χ1) is 11.2. The average molecular weight is 411 g/mol. The summed E-state index contributed by atoms with van der Waals surface area (Å²) in [6, 6.07) is 4.97. The van der Waals surface area contributed by atoms with Gasteiger partial charge in [0.2, 0.25) is 0 Å². The summed E-state index contributed by atoms with van der Waals surface area (Å²) in [4.78, 5) is 8.39. The van der Waals surface area contributed by atoms with Gasteiger partial charge in [0.05, 0.1) is 23.6 Å². The summed E-state index contributed by atoms with van der Waals surface area (Å²) in [6.07, 6.45) is 1.19. The van der Waals surface area contributed by atoms with Crippen LogP contribution >= 0.6 is 34.8 Å². The van der Waals surface area contributed by atoms with Gasteiger partial charge in [0, 0.05) is 17.0 Å². The maximum Gasteiger partial charge on any atom is 0.264 e. The molecule has 1 aromatic heterocycles. The number of nitrogens with one attached hydrogen (secondary N) is 1. The van der Waals surface area contributed by atoms with E-state index in [4.69, 9.17) is 39.0 Å². The Balaban J connectivity index is 2.30. The minimum Gasteiger partial charge on any atom is -0.339 e. The molecule has 0 fully saturated rings. The Labute approximate surface area is 155 Å². The summed E-state index contributed by atoms with van der Waals surface area (Å²) in [7, 11) is -3.54. The molecule has 6 nitrogen and oxygen atoms in total. The lowest BCUT2D eigenvalue weighted by Gasteiger charge is -2.14. The highest BCUT2D eigenvalue weighted by Gasteiger charge is 2.14. The largest absolute Gasteiger partial charge is 0.339 e. The molecular weight excluding hydrogens is 397 g/mol. The molecule has 0 atom stereocenters.